The summed E-state index contributed by atoms with van der Waals surface area (Å²) in [6.45, 7) is 1.37. The van der Waals surface area contributed by atoms with E-state index in [1.807, 2.05) is 6.07 Å². The number of nitrogens with one attached hydrogen (secondary N) is 1. The van der Waals surface area contributed by atoms with Crippen LogP contribution < -0.4 is 5.32 Å². The lowest BCUT2D eigenvalue weighted by Crippen LogP contribution is -1.97. The third-order valence-electron chi connectivity index (χ3n) is 3.91. The molecule has 4 rings (SSSR count). The number of aromatic hydroxyl groups is 1. The number of nitrogens with zero attached hydrogens (tertiary/aromatic N) is 3. The Hall–Kier alpha value is -3.74. The van der Waals surface area contributed by atoms with Crippen molar-refractivity contribution in [2.45, 2.75) is 6.92 Å². The van der Waals surface area contributed by atoms with Gasteiger partial charge in [-0.3, -0.25) is 9.78 Å². The molecule has 0 aliphatic carbocycles. The van der Waals surface area contributed by atoms with Crippen LogP contribution in [-0.2, 0) is 0 Å². The van der Waals surface area contributed by atoms with Gasteiger partial charge in [0.1, 0.15) is 5.56 Å². The van der Waals surface area contributed by atoms with Crippen LogP contribution in [0.1, 0.15) is 28.6 Å². The largest absolute Gasteiger partial charge is 0.504 e. The van der Waals surface area contributed by atoms with Crippen molar-refractivity contribution in [2.24, 2.45) is 4.99 Å². The molecule has 0 fully saturated rings. The topological polar surface area (TPSA) is 101 Å². The van der Waals surface area contributed by atoms with Crippen molar-refractivity contribution >= 4 is 41.0 Å². The van der Waals surface area contributed by atoms with Crippen LogP contribution in [0.5, 0.6) is 5.75 Å². The molecule has 0 unspecified atom stereocenters. The van der Waals surface area contributed by atoms with E-state index in [0.717, 1.165) is 11.1 Å². The fourth-order valence-corrected chi connectivity index (χ4v) is 2.70. The summed E-state index contributed by atoms with van der Waals surface area (Å²) in [7, 11) is 0. The van der Waals surface area contributed by atoms with Gasteiger partial charge in [0.25, 0.3) is 0 Å². The number of rotatable bonds is 4. The molecular formula is C19H14N4O3. The van der Waals surface area contributed by atoms with E-state index in [-0.39, 0.29) is 28.7 Å². The number of pyridine rings is 2. The molecule has 0 radical (unpaired) electrons. The van der Waals surface area contributed by atoms with E-state index in [0.29, 0.717) is 11.5 Å². The average molecular weight is 346 g/mol. The maximum absolute atomic E-state index is 12.0. The number of fused-ring (bicyclic) bond motifs is 1. The van der Waals surface area contributed by atoms with Crippen LogP contribution in [0.25, 0.3) is 11.6 Å². The van der Waals surface area contributed by atoms with E-state index >= 15 is 0 Å². The lowest BCUT2D eigenvalue weighted by molar-refractivity contribution is 0.101. The molecule has 3 aromatic rings. The van der Waals surface area contributed by atoms with Gasteiger partial charge in [-0.2, -0.15) is 0 Å². The van der Waals surface area contributed by atoms with Gasteiger partial charge in [0.15, 0.2) is 23.1 Å². The summed E-state index contributed by atoms with van der Waals surface area (Å²) in [5.74, 6) is 0.424. The van der Waals surface area contributed by atoms with Gasteiger partial charge in [0.05, 0.1) is 0 Å². The maximum atomic E-state index is 12.0. The third-order valence-corrected chi connectivity index (χ3v) is 3.91. The van der Waals surface area contributed by atoms with Gasteiger partial charge in [-0.15, -0.1) is 0 Å². The van der Waals surface area contributed by atoms with Crippen LogP contribution in [0, 0.1) is 0 Å². The molecular weight excluding hydrogens is 332 g/mol. The molecule has 0 amide bonds. The lowest BCUT2D eigenvalue weighted by atomic mass is 10.1. The highest BCUT2D eigenvalue weighted by Gasteiger charge is 2.24. The van der Waals surface area contributed by atoms with Gasteiger partial charge < -0.3 is 14.8 Å². The number of anilines is 2. The Labute approximate surface area is 148 Å². The Morgan fingerprint density at radius 3 is 2.81 bits per heavy atom. The predicted octanol–water partition coefficient (Wildman–Crippen LogP) is 3.98. The second kappa shape index (κ2) is 6.29. The summed E-state index contributed by atoms with van der Waals surface area (Å²) in [5.41, 5.74) is 2.35. The predicted molar refractivity (Wildman–Crippen MR) is 98.2 cm³/mol. The van der Waals surface area contributed by atoms with E-state index in [2.05, 4.69) is 20.3 Å². The Bertz CT molecular complexity index is 1050. The minimum atomic E-state index is -0.311. The normalized spacial score (nSPS) is 13.8. The first-order chi connectivity index (χ1) is 12.6. The van der Waals surface area contributed by atoms with Crippen LogP contribution in [-0.4, -0.2) is 27.1 Å². The summed E-state index contributed by atoms with van der Waals surface area (Å²) in [6, 6.07) is 7.14. The van der Waals surface area contributed by atoms with Gasteiger partial charge >= 0.3 is 0 Å². The Morgan fingerprint density at radius 1 is 1.23 bits per heavy atom. The number of hydrogen-bond donors (Lipinski definition) is 2. The zero-order valence-corrected chi connectivity index (χ0v) is 13.8. The molecule has 0 spiro atoms. The monoisotopic (exact) mass is 346 g/mol. The highest BCUT2D eigenvalue weighted by molar-refractivity contribution is 6.21. The number of Topliss-reactive ketones (excluding diaryl/α,β-unsaturated/α-hetero) is 1. The molecule has 0 saturated carbocycles. The molecule has 128 valence electrons. The number of carbonyl (C=O) groups is 1. The lowest BCUT2D eigenvalue weighted by Gasteiger charge is -2.03. The van der Waals surface area contributed by atoms with Crippen molar-refractivity contribution in [3.05, 3.63) is 59.7 Å². The minimum absolute atomic E-state index is 0.0926. The molecule has 7 heteroatoms. The average Bonchev–Trinajstić information content (AvgIpc) is 3.18. The van der Waals surface area contributed by atoms with Crippen molar-refractivity contribution < 1.29 is 14.3 Å². The first-order valence-corrected chi connectivity index (χ1v) is 7.88. The zero-order chi connectivity index (χ0) is 18.1. The van der Waals surface area contributed by atoms with E-state index in [4.69, 9.17) is 4.42 Å². The standard InChI is InChI=1S/C19H14N4O3/c1-11(24)16-17(25)15(26-19(16)23-13-4-7-20-8-5-13)9-12-10-22-18-14(12)3-2-6-21-18/h2-10,25H,1H3,(H,20,23). The first kappa shape index (κ1) is 15.8. The number of allylic oxidation sites excluding steroid dienone is 1. The summed E-state index contributed by atoms with van der Waals surface area (Å²) >= 11 is 0. The molecule has 1 aliphatic rings. The Morgan fingerprint density at radius 2 is 2.04 bits per heavy atom. The summed E-state index contributed by atoms with van der Waals surface area (Å²) in [5, 5.41) is 13.5. The van der Waals surface area contributed by atoms with Crippen molar-refractivity contribution in [3.8, 4) is 5.75 Å². The van der Waals surface area contributed by atoms with Crippen LogP contribution in [0.4, 0.5) is 17.4 Å². The molecule has 0 aromatic carbocycles. The number of ketones is 1. The quantitative estimate of drug-likeness (QED) is 0.693. The van der Waals surface area contributed by atoms with Crippen LogP contribution in [0.2, 0.25) is 0 Å². The summed E-state index contributed by atoms with van der Waals surface area (Å²) in [4.78, 5) is 24.3. The SMILES string of the molecule is CC(=O)c1c(Nc2ccncc2)oc(C=C2C=Nc3ncccc32)c1O. The van der Waals surface area contributed by atoms with E-state index in [1.54, 1.807) is 49.1 Å². The first-order valence-electron chi connectivity index (χ1n) is 7.88. The fourth-order valence-electron chi connectivity index (χ4n) is 2.70. The molecule has 4 heterocycles. The van der Waals surface area contributed by atoms with Gasteiger partial charge in [0.2, 0.25) is 5.88 Å². The van der Waals surface area contributed by atoms with Crippen LogP contribution in [0.3, 0.4) is 0 Å². The van der Waals surface area contributed by atoms with Gasteiger partial charge in [-0.25, -0.2) is 9.98 Å². The maximum Gasteiger partial charge on any atom is 0.212 e. The van der Waals surface area contributed by atoms with Crippen molar-refractivity contribution in [3.63, 3.8) is 0 Å². The Kier molecular flexibility index (Phi) is 3.81. The molecule has 7 nitrogen and oxygen atoms in total. The third kappa shape index (κ3) is 2.75. The van der Waals surface area contributed by atoms with Gasteiger partial charge in [-0.1, -0.05) is 0 Å². The van der Waals surface area contributed by atoms with Gasteiger partial charge in [-0.05, 0) is 37.3 Å². The Balaban J connectivity index is 1.77. The molecule has 26 heavy (non-hydrogen) atoms. The molecule has 1 aliphatic heterocycles. The van der Waals surface area contributed by atoms with Crippen molar-refractivity contribution in [2.75, 3.05) is 5.32 Å². The highest BCUT2D eigenvalue weighted by Crippen LogP contribution is 2.39. The number of hydrogen-bond acceptors (Lipinski definition) is 7. The number of aromatic nitrogens is 2. The molecule has 0 bridgehead atoms. The summed E-state index contributed by atoms with van der Waals surface area (Å²) in [6.07, 6.45) is 8.16. The number of furan rings is 1. The highest BCUT2D eigenvalue weighted by atomic mass is 16.4. The summed E-state index contributed by atoms with van der Waals surface area (Å²) < 4.78 is 5.73. The molecule has 2 N–H and O–H groups in total. The molecule has 0 saturated heterocycles. The van der Waals surface area contributed by atoms with E-state index < -0.39 is 0 Å². The smallest absolute Gasteiger partial charge is 0.212 e. The van der Waals surface area contributed by atoms with Gasteiger partial charge in [0, 0.05) is 41.6 Å². The van der Waals surface area contributed by atoms with Crippen LogP contribution in [0.15, 0.2) is 52.3 Å². The molecule has 3 aromatic heterocycles. The van der Waals surface area contributed by atoms with Crippen LogP contribution >= 0.6 is 0 Å². The fraction of sp³-hybridized carbons (Fsp3) is 0.0526. The minimum Gasteiger partial charge on any atom is -0.504 e. The number of carbonyl (C=O) groups excluding carboxylic acids is 1. The number of aliphatic imine (C=N–C) groups is 1. The van der Waals surface area contributed by atoms with Crippen molar-refractivity contribution in [1.29, 1.82) is 0 Å². The van der Waals surface area contributed by atoms with Crippen molar-refractivity contribution in [1.82, 2.24) is 9.97 Å². The van der Waals surface area contributed by atoms with E-state index in [1.165, 1.54) is 6.92 Å². The second-order valence-corrected chi connectivity index (χ2v) is 5.67. The molecule has 0 atom stereocenters. The zero-order valence-electron chi connectivity index (χ0n) is 13.8. The second-order valence-electron chi connectivity index (χ2n) is 5.67. The van der Waals surface area contributed by atoms with E-state index in [9.17, 15) is 9.90 Å².